The van der Waals surface area contributed by atoms with Gasteiger partial charge in [0.2, 0.25) is 0 Å². The molecule has 0 spiro atoms. The number of hydrogen-bond donors (Lipinski definition) is 0. The maximum Gasteiger partial charge on any atom is 0.194 e. The van der Waals surface area contributed by atoms with E-state index in [1.165, 1.54) is 0 Å². The lowest BCUT2D eigenvalue weighted by Gasteiger charge is -2.05. The first-order valence-electron chi connectivity index (χ1n) is 7.89. The van der Waals surface area contributed by atoms with Gasteiger partial charge >= 0.3 is 0 Å². The molecule has 0 amide bonds. The molecule has 1 aliphatic rings. The van der Waals surface area contributed by atoms with E-state index in [0.717, 1.165) is 17.1 Å². The third-order valence-corrected chi connectivity index (χ3v) is 4.00. The molecule has 0 bridgehead atoms. The molecular formula is C21H16O3. The Labute approximate surface area is 140 Å². The second-order valence-corrected chi connectivity index (χ2v) is 5.69. The normalized spacial score (nSPS) is 18.8. The molecule has 2 unspecified atom stereocenters. The van der Waals surface area contributed by atoms with Crippen LogP contribution in [-0.4, -0.2) is 11.9 Å². The molecule has 1 heterocycles. The molecule has 1 aliphatic heterocycles. The van der Waals surface area contributed by atoms with E-state index in [1.54, 1.807) is 0 Å². The minimum Gasteiger partial charge on any atom is -0.457 e. The Hall–Kier alpha value is -2.91. The highest BCUT2D eigenvalue weighted by Crippen LogP contribution is 2.41. The number of para-hydroxylation sites is 1. The highest BCUT2D eigenvalue weighted by Gasteiger charge is 2.46. The number of ether oxygens (including phenoxy) is 2. The first-order chi connectivity index (χ1) is 11.8. The average molecular weight is 316 g/mol. The minimum atomic E-state index is -0.381. The molecule has 0 aliphatic carbocycles. The fraction of sp³-hybridized carbons (Fsp3) is 0.0952. The second-order valence-electron chi connectivity index (χ2n) is 5.69. The van der Waals surface area contributed by atoms with Crippen molar-refractivity contribution in [2.24, 2.45) is 0 Å². The number of ketones is 1. The van der Waals surface area contributed by atoms with Crippen molar-refractivity contribution in [3.8, 4) is 11.5 Å². The van der Waals surface area contributed by atoms with Gasteiger partial charge in [-0.1, -0.05) is 60.7 Å². The third kappa shape index (κ3) is 3.07. The molecule has 3 aromatic rings. The Morgan fingerprint density at radius 2 is 1.33 bits per heavy atom. The quantitative estimate of drug-likeness (QED) is 0.501. The van der Waals surface area contributed by atoms with Crippen LogP contribution < -0.4 is 4.74 Å². The number of epoxide rings is 1. The third-order valence-electron chi connectivity index (χ3n) is 4.00. The summed E-state index contributed by atoms with van der Waals surface area (Å²) < 4.78 is 11.4. The van der Waals surface area contributed by atoms with Gasteiger partial charge in [-0.15, -0.1) is 0 Å². The molecule has 0 saturated carbocycles. The molecule has 3 heteroatoms. The van der Waals surface area contributed by atoms with Gasteiger partial charge in [0.25, 0.3) is 0 Å². The summed E-state index contributed by atoms with van der Waals surface area (Å²) >= 11 is 0. The number of rotatable bonds is 5. The Morgan fingerprint density at radius 1 is 0.750 bits per heavy atom. The maximum atomic E-state index is 12.3. The zero-order chi connectivity index (χ0) is 16.4. The van der Waals surface area contributed by atoms with Gasteiger partial charge in [0.05, 0.1) is 0 Å². The molecule has 1 saturated heterocycles. The van der Waals surface area contributed by atoms with Crippen LogP contribution in [0, 0.1) is 0 Å². The predicted octanol–water partition coefficient (Wildman–Crippen LogP) is 4.80. The van der Waals surface area contributed by atoms with E-state index in [2.05, 4.69) is 0 Å². The Bertz CT molecular complexity index is 826. The summed E-state index contributed by atoms with van der Waals surface area (Å²) in [4.78, 5) is 12.3. The van der Waals surface area contributed by atoms with E-state index in [4.69, 9.17) is 9.47 Å². The standard InChI is InChI=1S/C21H16O3/c22-19(15-7-3-1-4-8-15)21-20(24-21)16-11-13-18(14-12-16)23-17-9-5-2-6-10-17/h1-14,20-21H. The van der Waals surface area contributed by atoms with Gasteiger partial charge in [0.1, 0.15) is 17.6 Å². The SMILES string of the molecule is O=C(c1ccccc1)C1OC1c1ccc(Oc2ccccc2)cc1. The highest BCUT2D eigenvalue weighted by atomic mass is 16.6. The van der Waals surface area contributed by atoms with E-state index >= 15 is 0 Å². The number of hydrogen-bond acceptors (Lipinski definition) is 3. The zero-order valence-electron chi connectivity index (χ0n) is 13.0. The van der Waals surface area contributed by atoms with Crippen molar-refractivity contribution in [1.82, 2.24) is 0 Å². The van der Waals surface area contributed by atoms with Gasteiger partial charge < -0.3 is 9.47 Å². The predicted molar refractivity (Wildman–Crippen MR) is 91.3 cm³/mol. The van der Waals surface area contributed by atoms with Gasteiger partial charge in [0, 0.05) is 5.56 Å². The van der Waals surface area contributed by atoms with Crippen molar-refractivity contribution in [1.29, 1.82) is 0 Å². The molecule has 0 N–H and O–H groups in total. The topological polar surface area (TPSA) is 38.8 Å². The van der Waals surface area contributed by atoms with Crippen LogP contribution in [0.2, 0.25) is 0 Å². The average Bonchev–Trinajstić information content (AvgIpc) is 3.44. The second kappa shape index (κ2) is 6.30. The Kier molecular flexibility index (Phi) is 3.85. The number of carbonyl (C=O) groups is 1. The van der Waals surface area contributed by atoms with E-state index in [1.807, 2.05) is 84.9 Å². The van der Waals surface area contributed by atoms with Crippen LogP contribution >= 0.6 is 0 Å². The zero-order valence-corrected chi connectivity index (χ0v) is 13.0. The Morgan fingerprint density at radius 3 is 2.00 bits per heavy atom. The molecule has 118 valence electrons. The molecule has 3 nitrogen and oxygen atoms in total. The van der Waals surface area contributed by atoms with Gasteiger partial charge in [-0.2, -0.15) is 0 Å². The number of benzene rings is 3. The number of carbonyl (C=O) groups excluding carboxylic acids is 1. The van der Waals surface area contributed by atoms with E-state index in [-0.39, 0.29) is 18.0 Å². The molecule has 0 radical (unpaired) electrons. The van der Waals surface area contributed by atoms with Gasteiger partial charge in [-0.25, -0.2) is 0 Å². The molecule has 3 aromatic carbocycles. The lowest BCUT2D eigenvalue weighted by atomic mass is 10.0. The molecule has 2 atom stereocenters. The van der Waals surface area contributed by atoms with Gasteiger partial charge in [-0.3, -0.25) is 4.79 Å². The summed E-state index contributed by atoms with van der Waals surface area (Å²) in [7, 11) is 0. The summed E-state index contributed by atoms with van der Waals surface area (Å²) in [5.74, 6) is 1.59. The fourth-order valence-corrected chi connectivity index (χ4v) is 2.68. The summed E-state index contributed by atoms with van der Waals surface area (Å²) in [6.45, 7) is 0. The summed E-state index contributed by atoms with van der Waals surface area (Å²) in [6.07, 6.45) is -0.545. The van der Waals surface area contributed by atoms with Crippen LogP contribution in [0.15, 0.2) is 84.9 Å². The van der Waals surface area contributed by atoms with Crippen molar-refractivity contribution in [2.75, 3.05) is 0 Å². The molecule has 24 heavy (non-hydrogen) atoms. The highest BCUT2D eigenvalue weighted by molar-refractivity contribution is 6.01. The molecular weight excluding hydrogens is 300 g/mol. The lowest BCUT2D eigenvalue weighted by Crippen LogP contribution is -2.07. The smallest absolute Gasteiger partial charge is 0.194 e. The molecule has 4 rings (SSSR count). The summed E-state index contributed by atoms with van der Waals surface area (Å²) in [5, 5.41) is 0. The van der Waals surface area contributed by atoms with Crippen molar-refractivity contribution >= 4 is 5.78 Å². The fourth-order valence-electron chi connectivity index (χ4n) is 2.68. The Balaban J connectivity index is 1.42. The van der Waals surface area contributed by atoms with Crippen LogP contribution in [-0.2, 0) is 4.74 Å². The van der Waals surface area contributed by atoms with Gasteiger partial charge in [0.15, 0.2) is 11.9 Å². The van der Waals surface area contributed by atoms with Crippen molar-refractivity contribution in [3.05, 3.63) is 96.1 Å². The van der Waals surface area contributed by atoms with Crippen LogP contribution in [0.1, 0.15) is 22.0 Å². The van der Waals surface area contributed by atoms with E-state index in [0.29, 0.717) is 5.56 Å². The molecule has 0 aromatic heterocycles. The van der Waals surface area contributed by atoms with E-state index < -0.39 is 0 Å². The monoisotopic (exact) mass is 316 g/mol. The minimum absolute atomic E-state index is 0.0326. The van der Waals surface area contributed by atoms with Crippen molar-refractivity contribution in [3.63, 3.8) is 0 Å². The largest absolute Gasteiger partial charge is 0.457 e. The van der Waals surface area contributed by atoms with Crippen LogP contribution in [0.4, 0.5) is 0 Å². The number of Topliss-reactive ketones (excluding diaryl/α,β-unsaturated/α-hetero) is 1. The first kappa shape index (κ1) is 14.7. The van der Waals surface area contributed by atoms with Crippen LogP contribution in [0.5, 0.6) is 11.5 Å². The van der Waals surface area contributed by atoms with E-state index in [9.17, 15) is 4.79 Å². The first-order valence-corrected chi connectivity index (χ1v) is 7.89. The van der Waals surface area contributed by atoms with Crippen molar-refractivity contribution < 1.29 is 14.3 Å². The summed E-state index contributed by atoms with van der Waals surface area (Å²) in [6, 6.07) is 26.6. The maximum absolute atomic E-state index is 12.3. The van der Waals surface area contributed by atoms with Gasteiger partial charge in [-0.05, 0) is 29.8 Å². The summed E-state index contributed by atoms with van der Waals surface area (Å²) in [5.41, 5.74) is 1.68. The van der Waals surface area contributed by atoms with Crippen LogP contribution in [0.3, 0.4) is 0 Å². The molecule has 1 fully saturated rings. The van der Waals surface area contributed by atoms with Crippen LogP contribution in [0.25, 0.3) is 0 Å². The lowest BCUT2D eigenvalue weighted by molar-refractivity contribution is 0.0953. The van der Waals surface area contributed by atoms with Crippen molar-refractivity contribution in [2.45, 2.75) is 12.2 Å².